The highest BCUT2D eigenvalue weighted by molar-refractivity contribution is 6.99. The van der Waals surface area contributed by atoms with Crippen LogP contribution in [-0.4, -0.2) is 44.4 Å². The van der Waals surface area contributed by atoms with Gasteiger partial charge in [-0.25, -0.2) is 4.79 Å². The molecule has 0 unspecified atom stereocenters. The van der Waals surface area contributed by atoms with Crippen molar-refractivity contribution >= 4 is 24.8 Å². The average molecular weight is 498 g/mol. The average Bonchev–Trinajstić information content (AvgIpc) is 3.62. The maximum absolute atomic E-state index is 12.8. The van der Waals surface area contributed by atoms with Gasteiger partial charge in [0.25, 0.3) is 8.32 Å². The van der Waals surface area contributed by atoms with E-state index in [0.717, 1.165) is 12.8 Å². The third kappa shape index (κ3) is 6.96. The van der Waals surface area contributed by atoms with Crippen molar-refractivity contribution in [3.8, 4) is 0 Å². The Morgan fingerprint density at radius 3 is 1.89 bits per heavy atom. The van der Waals surface area contributed by atoms with Crippen LogP contribution in [0.2, 0.25) is 5.04 Å². The van der Waals surface area contributed by atoms with Gasteiger partial charge in [-0.15, -0.1) is 0 Å². The minimum atomic E-state index is -2.75. The van der Waals surface area contributed by atoms with E-state index < -0.39 is 20.0 Å². The molecule has 1 saturated carbocycles. The molecule has 1 amide bonds. The first kappa shape index (κ1) is 27.4. The molecule has 0 spiro atoms. The first-order valence-electron chi connectivity index (χ1n) is 12.8. The molecule has 192 valence electrons. The highest BCUT2D eigenvalue weighted by atomic mass is 28.4. The number of carbonyl (C=O) groups is 1. The molecule has 2 aromatic rings. The predicted octanol–water partition coefficient (Wildman–Crippen LogP) is 4.86. The van der Waals surface area contributed by atoms with Gasteiger partial charge in [0.2, 0.25) is 0 Å². The molecular formula is C29H43NO4Si. The summed E-state index contributed by atoms with van der Waals surface area (Å²) in [6.45, 7) is 12.8. The largest absolute Gasteiger partial charge is 0.444 e. The van der Waals surface area contributed by atoms with Crippen LogP contribution >= 0.6 is 0 Å². The first-order chi connectivity index (χ1) is 16.5. The van der Waals surface area contributed by atoms with Crippen molar-refractivity contribution in [1.82, 2.24) is 5.32 Å². The van der Waals surface area contributed by atoms with Gasteiger partial charge in [0.15, 0.2) is 0 Å². The number of aliphatic hydroxyl groups excluding tert-OH is 1. The topological polar surface area (TPSA) is 67.8 Å². The lowest BCUT2D eigenvalue weighted by molar-refractivity contribution is 0.0441. The van der Waals surface area contributed by atoms with E-state index in [-0.39, 0.29) is 23.6 Å². The Balaban J connectivity index is 2.00. The molecule has 0 aliphatic heterocycles. The molecule has 2 aromatic carbocycles. The molecule has 1 fully saturated rings. The number of rotatable bonds is 10. The summed E-state index contributed by atoms with van der Waals surface area (Å²) in [4.78, 5) is 12.8. The first-order valence-corrected chi connectivity index (χ1v) is 14.7. The molecule has 1 aliphatic rings. The molecule has 5 nitrogen and oxygen atoms in total. The zero-order valence-electron chi connectivity index (χ0n) is 22.2. The van der Waals surface area contributed by atoms with Gasteiger partial charge < -0.3 is 19.6 Å². The fraction of sp³-hybridized carbons (Fsp3) is 0.552. The Kier molecular flexibility index (Phi) is 8.84. The van der Waals surface area contributed by atoms with E-state index in [0.29, 0.717) is 18.9 Å². The van der Waals surface area contributed by atoms with Crippen LogP contribution in [0.15, 0.2) is 60.7 Å². The van der Waals surface area contributed by atoms with Crippen molar-refractivity contribution in [2.24, 2.45) is 11.8 Å². The summed E-state index contributed by atoms with van der Waals surface area (Å²) in [5.74, 6) is 0.635. The zero-order valence-corrected chi connectivity index (χ0v) is 23.2. The molecular weight excluding hydrogens is 454 g/mol. The quantitative estimate of drug-likeness (QED) is 0.460. The van der Waals surface area contributed by atoms with Crippen molar-refractivity contribution in [3.63, 3.8) is 0 Å². The molecule has 6 heteroatoms. The summed E-state index contributed by atoms with van der Waals surface area (Å²) in [6.07, 6.45) is 2.44. The molecule has 35 heavy (non-hydrogen) atoms. The summed E-state index contributed by atoms with van der Waals surface area (Å²) in [5, 5.41) is 15.2. The number of amides is 1. The van der Waals surface area contributed by atoms with E-state index in [9.17, 15) is 9.90 Å². The highest BCUT2D eigenvalue weighted by Gasteiger charge is 2.51. The maximum atomic E-state index is 12.8. The number of benzene rings is 2. The standard InChI is InChI=1S/C29H43NO4Si/c1-28(2,3)34-27(32)30-26(25(19-20-31)22-17-18-22)21-33-35(29(4,5)6,23-13-9-7-10-14-23)24-15-11-8-12-16-24/h7-16,22,25-26,31H,17-21H2,1-6H3,(H,30,32)/t25-,26-/m0/s1. The normalized spacial score (nSPS) is 16.4. The number of ether oxygens (including phenoxy) is 1. The number of carbonyl (C=O) groups excluding carboxylic acids is 1. The Morgan fingerprint density at radius 1 is 0.971 bits per heavy atom. The van der Waals surface area contributed by atoms with Gasteiger partial charge in [-0.2, -0.15) is 0 Å². The van der Waals surface area contributed by atoms with Crippen molar-refractivity contribution < 1.29 is 19.1 Å². The van der Waals surface area contributed by atoms with Crippen LogP contribution in [-0.2, 0) is 9.16 Å². The van der Waals surface area contributed by atoms with Gasteiger partial charge in [-0.3, -0.25) is 0 Å². The number of hydrogen-bond donors (Lipinski definition) is 2. The minimum Gasteiger partial charge on any atom is -0.444 e. The van der Waals surface area contributed by atoms with E-state index >= 15 is 0 Å². The van der Waals surface area contributed by atoms with Gasteiger partial charge in [0, 0.05) is 6.61 Å². The second-order valence-electron chi connectivity index (χ2n) is 11.7. The van der Waals surface area contributed by atoms with E-state index in [1.807, 2.05) is 32.9 Å². The van der Waals surface area contributed by atoms with Crippen LogP contribution in [0.3, 0.4) is 0 Å². The molecule has 2 atom stereocenters. The van der Waals surface area contributed by atoms with Gasteiger partial charge in [0.1, 0.15) is 5.60 Å². The molecule has 0 saturated heterocycles. The summed E-state index contributed by atoms with van der Waals surface area (Å²) < 4.78 is 12.8. The lowest BCUT2D eigenvalue weighted by atomic mass is 9.92. The SMILES string of the molecule is CC(C)(C)OC(=O)N[C@@H](CO[Si](c1ccccc1)(c1ccccc1)C(C)(C)C)[C@@H](CCO)C1CC1. The minimum absolute atomic E-state index is 0.0902. The van der Waals surface area contributed by atoms with Crippen molar-refractivity contribution in [3.05, 3.63) is 60.7 Å². The number of alkyl carbamates (subject to hydrolysis) is 1. The molecule has 2 N–H and O–H groups in total. The Morgan fingerprint density at radius 2 is 1.49 bits per heavy atom. The fourth-order valence-electron chi connectivity index (χ4n) is 5.15. The predicted molar refractivity (Wildman–Crippen MR) is 145 cm³/mol. The summed E-state index contributed by atoms with van der Waals surface area (Å²) in [7, 11) is -2.75. The van der Waals surface area contributed by atoms with Crippen LogP contribution in [0.25, 0.3) is 0 Å². The molecule has 0 aromatic heterocycles. The van der Waals surface area contributed by atoms with E-state index in [2.05, 4.69) is 74.6 Å². The second-order valence-corrected chi connectivity index (χ2v) is 16.0. The fourth-order valence-corrected chi connectivity index (χ4v) is 9.73. The maximum Gasteiger partial charge on any atom is 0.407 e. The van der Waals surface area contributed by atoms with Gasteiger partial charge in [-0.1, -0.05) is 81.4 Å². The Bertz CT molecular complexity index is 893. The van der Waals surface area contributed by atoms with Crippen LogP contribution in [0.5, 0.6) is 0 Å². The van der Waals surface area contributed by atoms with E-state index in [4.69, 9.17) is 9.16 Å². The third-order valence-electron chi connectivity index (χ3n) is 6.81. The van der Waals surface area contributed by atoms with Gasteiger partial charge in [-0.05, 0) is 67.3 Å². The van der Waals surface area contributed by atoms with Crippen molar-refractivity contribution in [1.29, 1.82) is 0 Å². The Labute approximate surface area is 212 Å². The summed E-state index contributed by atoms with van der Waals surface area (Å²) >= 11 is 0. The second kappa shape index (κ2) is 11.3. The number of aliphatic hydroxyl groups is 1. The van der Waals surface area contributed by atoms with Crippen LogP contribution in [0.4, 0.5) is 4.79 Å². The van der Waals surface area contributed by atoms with Crippen molar-refractivity contribution in [2.45, 2.75) is 77.5 Å². The lowest BCUT2D eigenvalue weighted by Crippen LogP contribution is -2.67. The number of hydrogen-bond acceptors (Lipinski definition) is 4. The van der Waals surface area contributed by atoms with Crippen molar-refractivity contribution in [2.75, 3.05) is 13.2 Å². The van der Waals surface area contributed by atoms with Crippen LogP contribution in [0.1, 0.15) is 60.8 Å². The Hall–Kier alpha value is -2.15. The van der Waals surface area contributed by atoms with Gasteiger partial charge >= 0.3 is 6.09 Å². The zero-order chi connectivity index (χ0) is 25.7. The number of nitrogens with one attached hydrogen (secondary N) is 1. The molecule has 3 rings (SSSR count). The molecule has 0 radical (unpaired) electrons. The third-order valence-corrected chi connectivity index (χ3v) is 11.8. The smallest absolute Gasteiger partial charge is 0.407 e. The highest BCUT2D eigenvalue weighted by Crippen LogP contribution is 2.42. The lowest BCUT2D eigenvalue weighted by Gasteiger charge is -2.44. The molecule has 1 aliphatic carbocycles. The monoisotopic (exact) mass is 497 g/mol. The van der Waals surface area contributed by atoms with Crippen LogP contribution in [0, 0.1) is 11.8 Å². The van der Waals surface area contributed by atoms with Crippen LogP contribution < -0.4 is 15.7 Å². The summed E-state index contributed by atoms with van der Waals surface area (Å²) in [5.41, 5.74) is -0.584. The summed E-state index contributed by atoms with van der Waals surface area (Å²) in [6, 6.07) is 20.8. The van der Waals surface area contributed by atoms with E-state index in [1.165, 1.54) is 10.4 Å². The van der Waals surface area contributed by atoms with E-state index in [1.54, 1.807) is 0 Å². The van der Waals surface area contributed by atoms with Gasteiger partial charge in [0.05, 0.1) is 12.6 Å². The molecule has 0 heterocycles. The molecule has 0 bridgehead atoms.